The molecule has 1 fully saturated rings. The summed E-state index contributed by atoms with van der Waals surface area (Å²) in [7, 11) is 0. The van der Waals surface area contributed by atoms with Gasteiger partial charge in [0, 0.05) is 0 Å². The zero-order chi connectivity index (χ0) is 8.55. The summed E-state index contributed by atoms with van der Waals surface area (Å²) in [5.41, 5.74) is 5.82. The van der Waals surface area contributed by atoms with Gasteiger partial charge in [-0.1, -0.05) is 12.3 Å². The molecule has 0 aromatic carbocycles. The van der Waals surface area contributed by atoms with E-state index >= 15 is 0 Å². The van der Waals surface area contributed by atoms with E-state index in [9.17, 15) is 5.11 Å². The van der Waals surface area contributed by atoms with Crippen molar-refractivity contribution < 1.29 is 24.0 Å². The van der Waals surface area contributed by atoms with Crippen LogP contribution in [0.5, 0.6) is 0 Å². The molecule has 0 N–H and O–H groups in total. The van der Waals surface area contributed by atoms with Crippen LogP contribution in [0, 0.1) is 0 Å². The second-order valence-corrected chi connectivity index (χ2v) is 3.31. The molecule has 0 radical (unpaired) electrons. The summed E-state index contributed by atoms with van der Waals surface area (Å²) in [6.45, 7) is 3.68. The second-order valence-electron chi connectivity index (χ2n) is 3.31. The van der Waals surface area contributed by atoms with Crippen molar-refractivity contribution in [2.45, 2.75) is 25.7 Å². The minimum Gasteiger partial charge on any atom is -0.872 e. The monoisotopic (exact) mass is 166 g/mol. The molecule has 0 spiro atoms. The first-order valence-electron chi connectivity index (χ1n) is 4.34. The predicted molar refractivity (Wildman–Crippen MR) is 46.2 cm³/mol. The molecule has 0 bridgehead atoms. The van der Waals surface area contributed by atoms with Crippen LogP contribution in [0.2, 0.25) is 0 Å². The van der Waals surface area contributed by atoms with E-state index in [1.807, 2.05) is 0 Å². The average molecular weight is 166 g/mol. The zero-order valence-electron chi connectivity index (χ0n) is 8.02. The molecule has 62 valence electrons. The second kappa shape index (κ2) is 4.07. The van der Waals surface area contributed by atoms with E-state index in [1.165, 1.54) is 6.42 Å². The fourth-order valence-electron chi connectivity index (χ4n) is 1.75. The molecule has 0 aromatic rings. The molecule has 2 aliphatic carbocycles. The molecule has 0 atom stereocenters. The minimum atomic E-state index is 0. The summed E-state index contributed by atoms with van der Waals surface area (Å²) >= 11 is 0. The Morgan fingerprint density at radius 1 is 1.31 bits per heavy atom. The molecular formula is C11H11LiO. The van der Waals surface area contributed by atoms with Crippen molar-refractivity contribution in [2.24, 2.45) is 0 Å². The van der Waals surface area contributed by atoms with Gasteiger partial charge in [0.15, 0.2) is 0 Å². The summed E-state index contributed by atoms with van der Waals surface area (Å²) in [5.74, 6) is 0.142. The maximum atomic E-state index is 11.5. The topological polar surface area (TPSA) is 23.1 Å². The van der Waals surface area contributed by atoms with E-state index in [4.69, 9.17) is 0 Å². The molecular weight excluding hydrogens is 155 g/mol. The molecule has 0 aliphatic heterocycles. The number of rotatable bonds is 0. The molecule has 0 aromatic heterocycles. The van der Waals surface area contributed by atoms with E-state index in [1.54, 1.807) is 6.08 Å². The van der Waals surface area contributed by atoms with E-state index in [0.29, 0.717) is 5.57 Å². The Labute approximate surface area is 90.7 Å². The molecule has 13 heavy (non-hydrogen) atoms. The normalized spacial score (nSPS) is 20.6. The largest absolute Gasteiger partial charge is 1.00 e. The molecule has 2 heteroatoms. The van der Waals surface area contributed by atoms with Crippen molar-refractivity contribution in [3.05, 3.63) is 40.9 Å². The first-order chi connectivity index (χ1) is 5.79. The maximum absolute atomic E-state index is 11.5. The fourth-order valence-corrected chi connectivity index (χ4v) is 1.75. The third-order valence-corrected chi connectivity index (χ3v) is 2.45. The van der Waals surface area contributed by atoms with Gasteiger partial charge in [-0.3, -0.25) is 0 Å². The SMILES string of the molecule is C=C1C=C=C2CCCCC2=C1[O-].[Li+]. The molecule has 0 heterocycles. The Kier molecular flexibility index (Phi) is 3.28. The van der Waals surface area contributed by atoms with Crippen molar-refractivity contribution in [1.29, 1.82) is 0 Å². The van der Waals surface area contributed by atoms with Gasteiger partial charge in [0.25, 0.3) is 0 Å². The molecule has 2 rings (SSSR count). The predicted octanol–water partition coefficient (Wildman–Crippen LogP) is -1.17. The van der Waals surface area contributed by atoms with Gasteiger partial charge >= 0.3 is 18.9 Å². The van der Waals surface area contributed by atoms with Crippen LogP contribution >= 0.6 is 0 Å². The quantitative estimate of drug-likeness (QED) is 0.328. The van der Waals surface area contributed by atoms with Crippen molar-refractivity contribution in [3.8, 4) is 0 Å². The Bertz CT molecular complexity index is 330. The molecule has 1 saturated carbocycles. The zero-order valence-corrected chi connectivity index (χ0v) is 8.02. The van der Waals surface area contributed by atoms with Gasteiger partial charge in [-0.25, -0.2) is 0 Å². The van der Waals surface area contributed by atoms with Crippen LogP contribution in [-0.2, 0) is 0 Å². The minimum absolute atomic E-state index is 0. The number of fused-ring (bicyclic) bond motifs is 1. The van der Waals surface area contributed by atoms with Gasteiger partial charge < -0.3 is 5.11 Å². The molecule has 0 amide bonds. The fraction of sp³-hybridized carbons (Fsp3) is 0.364. The summed E-state index contributed by atoms with van der Waals surface area (Å²) in [4.78, 5) is 0. The first-order valence-corrected chi connectivity index (χ1v) is 4.34. The van der Waals surface area contributed by atoms with Crippen LogP contribution in [-0.4, -0.2) is 0 Å². The van der Waals surface area contributed by atoms with Gasteiger partial charge in [0.05, 0.1) is 0 Å². The van der Waals surface area contributed by atoms with Crippen LogP contribution in [0.1, 0.15) is 25.7 Å². The van der Waals surface area contributed by atoms with Gasteiger partial charge in [0.2, 0.25) is 0 Å². The van der Waals surface area contributed by atoms with E-state index in [0.717, 1.165) is 30.4 Å². The van der Waals surface area contributed by atoms with E-state index < -0.39 is 0 Å². The van der Waals surface area contributed by atoms with Crippen LogP contribution in [0.4, 0.5) is 0 Å². The number of allylic oxidation sites excluding steroid dienone is 2. The first kappa shape index (κ1) is 10.5. The Morgan fingerprint density at radius 2 is 2.00 bits per heavy atom. The smallest absolute Gasteiger partial charge is 0.872 e. The summed E-state index contributed by atoms with van der Waals surface area (Å²) in [6.07, 6.45) is 5.99. The summed E-state index contributed by atoms with van der Waals surface area (Å²) < 4.78 is 0. The molecule has 2 aliphatic rings. The van der Waals surface area contributed by atoms with Crippen molar-refractivity contribution in [1.82, 2.24) is 0 Å². The molecule has 1 nitrogen and oxygen atoms in total. The summed E-state index contributed by atoms with van der Waals surface area (Å²) in [6, 6.07) is 0. The summed E-state index contributed by atoms with van der Waals surface area (Å²) in [5, 5.41) is 11.5. The maximum Gasteiger partial charge on any atom is 1.00 e. The van der Waals surface area contributed by atoms with Gasteiger partial charge in [-0.05, 0) is 48.5 Å². The van der Waals surface area contributed by atoms with E-state index in [-0.39, 0.29) is 24.6 Å². The third kappa shape index (κ3) is 1.84. The number of hydrogen-bond donors (Lipinski definition) is 0. The van der Waals surface area contributed by atoms with Crippen molar-refractivity contribution in [2.75, 3.05) is 0 Å². The van der Waals surface area contributed by atoms with Gasteiger partial charge in [0.1, 0.15) is 0 Å². The van der Waals surface area contributed by atoms with Crippen molar-refractivity contribution in [3.63, 3.8) is 0 Å². The van der Waals surface area contributed by atoms with Gasteiger partial charge in [-0.15, -0.1) is 5.73 Å². The van der Waals surface area contributed by atoms with E-state index in [2.05, 4.69) is 12.3 Å². The standard InChI is InChI=1S/C11H12O.Li/c1-8-6-7-9-4-2-3-5-10(9)11(8)12;/h6,12H,1-5H2;/q;+1/p-1. The van der Waals surface area contributed by atoms with Crippen LogP contribution < -0.4 is 24.0 Å². The van der Waals surface area contributed by atoms with Crippen LogP contribution in [0.25, 0.3) is 0 Å². The number of hydrogen-bond acceptors (Lipinski definition) is 1. The van der Waals surface area contributed by atoms with Crippen LogP contribution in [0.15, 0.2) is 40.9 Å². The Hall–Kier alpha value is -0.603. The molecule has 0 unspecified atom stereocenters. The molecule has 0 saturated heterocycles. The Balaban J connectivity index is 0.000000845. The van der Waals surface area contributed by atoms with Gasteiger partial charge in [-0.2, -0.15) is 0 Å². The third-order valence-electron chi connectivity index (χ3n) is 2.45. The Morgan fingerprint density at radius 3 is 2.77 bits per heavy atom. The average Bonchev–Trinajstić information content (AvgIpc) is 2.12. The van der Waals surface area contributed by atoms with Crippen molar-refractivity contribution >= 4 is 0 Å². The van der Waals surface area contributed by atoms with Crippen LogP contribution in [0.3, 0.4) is 0 Å².